The van der Waals surface area contributed by atoms with Crippen molar-refractivity contribution in [3.05, 3.63) is 51.7 Å². The molecule has 4 rings (SSSR count). The first-order valence-corrected chi connectivity index (χ1v) is 10.0. The van der Waals surface area contributed by atoms with E-state index in [4.69, 9.17) is 9.47 Å². The summed E-state index contributed by atoms with van der Waals surface area (Å²) in [5, 5.41) is 0. The lowest BCUT2D eigenvalue weighted by atomic mass is 9.77. The van der Waals surface area contributed by atoms with Crippen LogP contribution in [0.25, 0.3) is 0 Å². The molecule has 1 aromatic heterocycles. The molecule has 0 saturated carbocycles. The Morgan fingerprint density at radius 2 is 2.00 bits per heavy atom. The number of benzene rings is 1. The van der Waals surface area contributed by atoms with Crippen LogP contribution in [0.2, 0.25) is 0 Å². The summed E-state index contributed by atoms with van der Waals surface area (Å²) < 4.78 is 12.3. The van der Waals surface area contributed by atoms with Gasteiger partial charge in [0.1, 0.15) is 6.54 Å². The van der Waals surface area contributed by atoms with Gasteiger partial charge in [0.2, 0.25) is 12.7 Å². The van der Waals surface area contributed by atoms with Crippen molar-refractivity contribution in [2.24, 2.45) is 5.41 Å². The third-order valence-corrected chi connectivity index (χ3v) is 5.84. The Morgan fingerprint density at radius 1 is 1.21 bits per heavy atom. The van der Waals surface area contributed by atoms with Gasteiger partial charge in [0, 0.05) is 24.5 Å². The Balaban J connectivity index is 1.46. The maximum Gasteiger partial charge on any atom is 0.348 e. The lowest BCUT2D eigenvalue weighted by Gasteiger charge is -2.41. The summed E-state index contributed by atoms with van der Waals surface area (Å²) in [7, 11) is 0. The molecule has 0 spiro atoms. The highest BCUT2D eigenvalue weighted by atomic mass is 16.7. The number of hydrogen-bond donors (Lipinski definition) is 0. The molecular formula is C22H27N3O4. The van der Waals surface area contributed by atoms with E-state index in [0.717, 1.165) is 43.0 Å². The van der Waals surface area contributed by atoms with E-state index >= 15 is 0 Å². The van der Waals surface area contributed by atoms with Crippen LogP contribution in [-0.4, -0.2) is 40.2 Å². The molecule has 0 bridgehead atoms. The number of aromatic nitrogens is 2. The van der Waals surface area contributed by atoms with Crippen molar-refractivity contribution >= 4 is 5.91 Å². The molecule has 2 aromatic rings. The van der Waals surface area contributed by atoms with Crippen LogP contribution in [0.1, 0.15) is 36.7 Å². The number of aryl methyl sites for hydroxylation is 2. The van der Waals surface area contributed by atoms with Crippen molar-refractivity contribution in [2.75, 3.05) is 19.9 Å². The normalized spacial score (nSPS) is 20.7. The summed E-state index contributed by atoms with van der Waals surface area (Å²) in [5.74, 6) is 1.54. The van der Waals surface area contributed by atoms with Crippen LogP contribution in [0, 0.1) is 19.3 Å². The molecule has 2 aliphatic rings. The fourth-order valence-corrected chi connectivity index (χ4v) is 4.42. The topological polar surface area (TPSA) is 73.7 Å². The van der Waals surface area contributed by atoms with Crippen molar-refractivity contribution in [2.45, 2.75) is 46.6 Å². The minimum Gasteiger partial charge on any atom is -0.454 e. The van der Waals surface area contributed by atoms with Gasteiger partial charge in [-0.1, -0.05) is 13.0 Å². The molecule has 7 heteroatoms. The average molecular weight is 397 g/mol. The third-order valence-electron chi connectivity index (χ3n) is 5.84. The van der Waals surface area contributed by atoms with E-state index in [-0.39, 0.29) is 30.3 Å². The maximum atomic E-state index is 13.0. The van der Waals surface area contributed by atoms with Gasteiger partial charge in [-0.2, -0.15) is 4.98 Å². The van der Waals surface area contributed by atoms with Gasteiger partial charge in [0.05, 0.1) is 0 Å². The monoisotopic (exact) mass is 397 g/mol. The fraction of sp³-hybridized carbons (Fsp3) is 0.500. The highest BCUT2D eigenvalue weighted by molar-refractivity contribution is 5.76. The van der Waals surface area contributed by atoms with E-state index in [1.165, 1.54) is 10.1 Å². The average Bonchev–Trinajstić information content (AvgIpc) is 3.12. The molecule has 0 N–H and O–H groups in total. The SMILES string of the molecule is Cc1cc(C)n(CC(=O)N2CCC[C@](C)(Cc3ccc4c(c3)OCO4)C2)c(=O)n1. The molecule has 1 atom stereocenters. The number of carbonyl (C=O) groups is 1. The van der Waals surface area contributed by atoms with Crippen molar-refractivity contribution in [1.82, 2.24) is 14.5 Å². The summed E-state index contributed by atoms with van der Waals surface area (Å²) in [4.78, 5) is 31.0. The molecule has 1 aromatic carbocycles. The Morgan fingerprint density at radius 3 is 2.79 bits per heavy atom. The number of rotatable bonds is 4. The van der Waals surface area contributed by atoms with Crippen LogP contribution < -0.4 is 15.2 Å². The second-order valence-electron chi connectivity index (χ2n) is 8.50. The standard InChI is InChI=1S/C22H27N3O4/c1-15-9-16(2)25(21(27)23-15)12-20(26)24-8-4-7-22(3,13-24)11-17-5-6-18-19(10-17)29-14-28-18/h5-6,9-10H,4,7-8,11-14H2,1-3H3/t22-/m1/s1. The number of piperidine rings is 1. The van der Waals surface area contributed by atoms with Crippen LogP contribution in [0.15, 0.2) is 29.1 Å². The lowest BCUT2D eigenvalue weighted by molar-refractivity contribution is -0.135. The molecule has 7 nitrogen and oxygen atoms in total. The zero-order valence-electron chi connectivity index (χ0n) is 17.2. The van der Waals surface area contributed by atoms with Crippen molar-refractivity contribution in [3.63, 3.8) is 0 Å². The smallest absolute Gasteiger partial charge is 0.348 e. The number of ether oxygens (including phenoxy) is 2. The zero-order chi connectivity index (χ0) is 20.6. The van der Waals surface area contributed by atoms with Gasteiger partial charge in [-0.3, -0.25) is 9.36 Å². The molecule has 3 heterocycles. The summed E-state index contributed by atoms with van der Waals surface area (Å²) in [6, 6.07) is 7.89. The predicted octanol–water partition coefficient (Wildman–Crippen LogP) is 2.46. The van der Waals surface area contributed by atoms with Gasteiger partial charge < -0.3 is 14.4 Å². The summed E-state index contributed by atoms with van der Waals surface area (Å²) in [6.07, 6.45) is 2.86. The number of hydrogen-bond acceptors (Lipinski definition) is 5. The van der Waals surface area contributed by atoms with Gasteiger partial charge in [-0.05, 0) is 62.3 Å². The molecular weight excluding hydrogens is 370 g/mol. The Kier molecular flexibility index (Phi) is 5.06. The van der Waals surface area contributed by atoms with Crippen LogP contribution in [0.5, 0.6) is 11.5 Å². The Hall–Kier alpha value is -2.83. The van der Waals surface area contributed by atoms with E-state index < -0.39 is 0 Å². The minimum atomic E-state index is -0.365. The first kappa shape index (κ1) is 19.5. The van der Waals surface area contributed by atoms with Crippen molar-refractivity contribution in [3.8, 4) is 11.5 Å². The summed E-state index contributed by atoms with van der Waals surface area (Å²) in [6.45, 7) is 7.55. The quantitative estimate of drug-likeness (QED) is 0.792. The number of amides is 1. The number of likely N-dealkylation sites (tertiary alicyclic amines) is 1. The summed E-state index contributed by atoms with van der Waals surface area (Å²) in [5.41, 5.74) is 2.23. The maximum absolute atomic E-state index is 13.0. The van der Waals surface area contributed by atoms with E-state index in [2.05, 4.69) is 18.0 Å². The molecule has 1 amide bonds. The molecule has 1 fully saturated rings. The van der Waals surface area contributed by atoms with Gasteiger partial charge in [0.25, 0.3) is 0 Å². The fourth-order valence-electron chi connectivity index (χ4n) is 4.42. The first-order chi connectivity index (χ1) is 13.8. The molecule has 0 radical (unpaired) electrons. The number of fused-ring (bicyclic) bond motifs is 1. The molecule has 154 valence electrons. The van der Waals surface area contributed by atoms with Crippen LogP contribution in [0.3, 0.4) is 0 Å². The Labute approximate surface area is 170 Å². The Bertz CT molecular complexity index is 1000. The van der Waals surface area contributed by atoms with Gasteiger partial charge in [-0.25, -0.2) is 4.79 Å². The second kappa shape index (κ2) is 7.54. The minimum absolute atomic E-state index is 0.0207. The molecule has 1 saturated heterocycles. The number of nitrogens with zero attached hydrogens (tertiary/aromatic N) is 3. The van der Waals surface area contributed by atoms with Gasteiger partial charge in [-0.15, -0.1) is 0 Å². The van der Waals surface area contributed by atoms with Crippen LogP contribution in [-0.2, 0) is 17.8 Å². The highest BCUT2D eigenvalue weighted by Crippen LogP contribution is 2.37. The van der Waals surface area contributed by atoms with Crippen molar-refractivity contribution in [1.29, 1.82) is 0 Å². The molecule has 2 aliphatic heterocycles. The molecule has 29 heavy (non-hydrogen) atoms. The second-order valence-corrected chi connectivity index (χ2v) is 8.50. The number of carbonyl (C=O) groups excluding carboxylic acids is 1. The van der Waals surface area contributed by atoms with E-state index in [0.29, 0.717) is 12.2 Å². The zero-order valence-corrected chi connectivity index (χ0v) is 17.2. The largest absolute Gasteiger partial charge is 0.454 e. The van der Waals surface area contributed by atoms with Gasteiger partial charge in [0.15, 0.2) is 11.5 Å². The van der Waals surface area contributed by atoms with Crippen LogP contribution in [0.4, 0.5) is 0 Å². The van der Waals surface area contributed by atoms with Gasteiger partial charge >= 0.3 is 5.69 Å². The van der Waals surface area contributed by atoms with E-state index in [9.17, 15) is 9.59 Å². The van der Waals surface area contributed by atoms with E-state index in [1.807, 2.05) is 30.0 Å². The van der Waals surface area contributed by atoms with E-state index in [1.54, 1.807) is 6.92 Å². The lowest BCUT2D eigenvalue weighted by Crippen LogP contribution is -2.47. The summed E-state index contributed by atoms with van der Waals surface area (Å²) >= 11 is 0. The molecule has 0 aliphatic carbocycles. The molecule has 0 unspecified atom stereocenters. The van der Waals surface area contributed by atoms with Crippen LogP contribution >= 0.6 is 0 Å². The van der Waals surface area contributed by atoms with Crippen molar-refractivity contribution < 1.29 is 14.3 Å². The predicted molar refractivity (Wildman–Crippen MR) is 108 cm³/mol. The first-order valence-electron chi connectivity index (χ1n) is 10.0. The third kappa shape index (κ3) is 4.13. The highest BCUT2D eigenvalue weighted by Gasteiger charge is 2.34.